The van der Waals surface area contributed by atoms with Crippen LogP contribution in [0, 0.1) is 18.3 Å². The van der Waals surface area contributed by atoms with E-state index in [1.165, 1.54) is 24.3 Å². The Balaban J connectivity index is 0.00000152. The van der Waals surface area contributed by atoms with Crippen LogP contribution < -0.4 is 10.6 Å². The summed E-state index contributed by atoms with van der Waals surface area (Å²) in [5, 5.41) is 36.4. The molecule has 3 aromatic carbocycles. The maximum atomic E-state index is 11.6. The minimum Gasteiger partial charge on any atom is -0.385 e. The summed E-state index contributed by atoms with van der Waals surface area (Å²) in [5.74, 6) is 0.537. The molecular formula is C34H40N8O10S3. The van der Waals surface area contributed by atoms with E-state index in [1.54, 1.807) is 26.2 Å². The molecule has 0 spiro atoms. The molecule has 0 saturated heterocycles. The van der Waals surface area contributed by atoms with E-state index in [2.05, 4.69) is 48.7 Å². The van der Waals surface area contributed by atoms with Crippen molar-refractivity contribution < 1.29 is 43.8 Å². The van der Waals surface area contributed by atoms with E-state index in [9.17, 15) is 35.1 Å². The number of ether oxygens (including phenoxy) is 2. The summed E-state index contributed by atoms with van der Waals surface area (Å²) >= 11 is 0. The lowest BCUT2D eigenvalue weighted by Crippen LogP contribution is -2.16. The molecule has 0 atom stereocenters. The monoisotopic (exact) mass is 816 g/mol. The van der Waals surface area contributed by atoms with Crippen LogP contribution in [0.1, 0.15) is 17.5 Å². The fraction of sp³-hybridized carbons (Fsp3) is 0.294. The molecule has 0 amide bonds. The summed E-state index contributed by atoms with van der Waals surface area (Å²) in [6.45, 7) is 6.52. The topological polar surface area (TPSA) is 272 Å². The molecule has 0 saturated carbocycles. The molecule has 0 fully saturated rings. The number of hydrogen-bond donors (Lipinski definition) is 4. The first kappa shape index (κ1) is 44.2. The van der Waals surface area contributed by atoms with Crippen LogP contribution in [0.15, 0.2) is 98.0 Å². The van der Waals surface area contributed by atoms with Crippen LogP contribution in [0.2, 0.25) is 0 Å². The molecule has 0 aliphatic carbocycles. The summed E-state index contributed by atoms with van der Waals surface area (Å²) in [4.78, 5) is 4.41. The van der Waals surface area contributed by atoms with Crippen molar-refractivity contribution in [1.29, 1.82) is 5.26 Å². The van der Waals surface area contributed by atoms with Crippen LogP contribution in [0.5, 0.6) is 0 Å². The molecule has 294 valence electrons. The van der Waals surface area contributed by atoms with E-state index >= 15 is 0 Å². The van der Waals surface area contributed by atoms with Crippen LogP contribution in [0.3, 0.4) is 0 Å². The Hall–Kier alpha value is -5.21. The van der Waals surface area contributed by atoms with Crippen LogP contribution >= 0.6 is 0 Å². The third-order valence-electron chi connectivity index (χ3n) is 7.19. The zero-order valence-electron chi connectivity index (χ0n) is 30.1. The van der Waals surface area contributed by atoms with Crippen molar-refractivity contribution in [2.24, 2.45) is 20.5 Å². The average molecular weight is 817 g/mol. The van der Waals surface area contributed by atoms with E-state index < -0.39 is 30.1 Å². The highest BCUT2D eigenvalue weighted by molar-refractivity contribution is 7.94. The van der Waals surface area contributed by atoms with E-state index in [1.807, 2.05) is 24.3 Å². The normalized spacial score (nSPS) is 12.0. The van der Waals surface area contributed by atoms with Crippen LogP contribution in [-0.4, -0.2) is 91.4 Å². The first-order valence-electron chi connectivity index (χ1n) is 16.2. The van der Waals surface area contributed by atoms with Gasteiger partial charge in [-0.25, -0.2) is 13.4 Å². The lowest BCUT2D eigenvalue weighted by Gasteiger charge is -2.16. The fourth-order valence-corrected chi connectivity index (χ4v) is 5.57. The molecule has 55 heavy (non-hydrogen) atoms. The zero-order valence-corrected chi connectivity index (χ0v) is 32.5. The van der Waals surface area contributed by atoms with Crippen molar-refractivity contribution in [1.82, 2.24) is 4.98 Å². The molecule has 4 N–H and O–H groups in total. The number of hydrogen-bond acceptors (Lipinski definition) is 16. The lowest BCUT2D eigenvalue weighted by molar-refractivity contribution is 0.159. The molecule has 21 heteroatoms. The van der Waals surface area contributed by atoms with Gasteiger partial charge in [-0.1, -0.05) is 30.8 Å². The van der Waals surface area contributed by atoms with E-state index in [4.69, 9.17) is 14.0 Å². The van der Waals surface area contributed by atoms with Gasteiger partial charge >= 0.3 is 0 Å². The average Bonchev–Trinajstić information content (AvgIpc) is 3.13. The minimum absolute atomic E-state index is 0.00517. The van der Waals surface area contributed by atoms with Gasteiger partial charge in [-0.3, -0.25) is 9.11 Å². The molecule has 4 aromatic rings. The number of aromatic nitrogens is 1. The number of anilines is 2. The van der Waals surface area contributed by atoms with Crippen molar-refractivity contribution in [3.63, 3.8) is 0 Å². The number of benzene rings is 3. The first-order valence-corrected chi connectivity index (χ1v) is 21.2. The molecule has 0 aliphatic heterocycles. The molecule has 0 bridgehead atoms. The Morgan fingerprint density at radius 3 is 1.96 bits per heavy atom. The van der Waals surface area contributed by atoms with Crippen molar-refractivity contribution >= 4 is 75.2 Å². The second kappa shape index (κ2) is 20.5. The Bertz CT molecular complexity index is 2390. The SMILES string of the molecule is C=CS(=O)(=O)CCOCCNc1nc(NCCCOC)c(N=Nc2ccc(N=Nc3ccc(S(=O)(=O)O)cc3)c3ccccc23)c(C)c1C#N.CS(=O)(=O)O. The van der Waals surface area contributed by atoms with E-state index in [-0.39, 0.29) is 36.0 Å². The van der Waals surface area contributed by atoms with Crippen molar-refractivity contribution in [3.8, 4) is 6.07 Å². The minimum atomic E-state index is -4.32. The van der Waals surface area contributed by atoms with Gasteiger partial charge in [0.2, 0.25) is 0 Å². The maximum Gasteiger partial charge on any atom is 0.294 e. The van der Waals surface area contributed by atoms with Crippen molar-refractivity contribution in [3.05, 3.63) is 83.8 Å². The number of nitriles is 1. The van der Waals surface area contributed by atoms with Gasteiger partial charge in [0.25, 0.3) is 20.2 Å². The van der Waals surface area contributed by atoms with Gasteiger partial charge < -0.3 is 20.1 Å². The Labute approximate surface area is 319 Å². The molecular weight excluding hydrogens is 777 g/mol. The summed E-state index contributed by atoms with van der Waals surface area (Å²) in [5.41, 5.74) is 2.62. The van der Waals surface area contributed by atoms with Gasteiger partial charge in [-0.15, -0.1) is 15.3 Å². The molecule has 1 heterocycles. The zero-order chi connectivity index (χ0) is 40.6. The number of sulfone groups is 1. The molecule has 4 rings (SSSR count). The summed E-state index contributed by atoms with van der Waals surface area (Å²) in [7, 11) is -9.74. The molecule has 0 unspecified atom stereocenters. The van der Waals surface area contributed by atoms with Gasteiger partial charge in [-0.05, 0) is 49.7 Å². The quantitative estimate of drug-likeness (QED) is 0.0479. The van der Waals surface area contributed by atoms with Crippen LogP contribution in [0.25, 0.3) is 10.8 Å². The second-order valence-corrected chi connectivity index (χ2v) is 16.3. The highest BCUT2D eigenvalue weighted by Gasteiger charge is 2.18. The van der Waals surface area contributed by atoms with Gasteiger partial charge in [0.1, 0.15) is 17.6 Å². The Morgan fingerprint density at radius 1 is 0.836 bits per heavy atom. The molecule has 0 aliphatic rings. The third kappa shape index (κ3) is 14.5. The Morgan fingerprint density at radius 2 is 1.42 bits per heavy atom. The highest BCUT2D eigenvalue weighted by Crippen LogP contribution is 2.38. The largest absolute Gasteiger partial charge is 0.385 e. The van der Waals surface area contributed by atoms with Crippen molar-refractivity contribution in [2.75, 3.05) is 62.7 Å². The Kier molecular flexibility index (Phi) is 16.4. The molecule has 18 nitrogen and oxygen atoms in total. The summed E-state index contributed by atoms with van der Waals surface area (Å²) in [6.07, 6.45) is 1.40. The van der Waals surface area contributed by atoms with E-state index in [0.29, 0.717) is 65.8 Å². The predicted octanol–water partition coefficient (Wildman–Crippen LogP) is 6.43. The molecule has 0 radical (unpaired) electrons. The smallest absolute Gasteiger partial charge is 0.294 e. The third-order valence-corrected chi connectivity index (χ3v) is 9.30. The van der Waals surface area contributed by atoms with Crippen LogP contribution in [-0.2, 0) is 39.5 Å². The van der Waals surface area contributed by atoms with Crippen molar-refractivity contribution in [2.45, 2.75) is 18.2 Å². The number of azo groups is 2. The number of rotatable bonds is 18. The second-order valence-electron chi connectivity index (χ2n) is 11.4. The van der Waals surface area contributed by atoms with E-state index in [0.717, 1.165) is 16.2 Å². The number of nitrogens with one attached hydrogen (secondary N) is 2. The lowest BCUT2D eigenvalue weighted by atomic mass is 10.1. The standard InChI is InChI=1S/C33H36N8O7S2.CH4O3S/c1-4-49(42,43)21-20-48-19-17-36-32-28(22-34)23(2)31(33(37-32)35-16-7-18-47-3)41-40-30-15-14-29(26-8-5-6-9-27(26)30)39-38-24-10-12-25(13-11-24)50(44,45)46;1-5(2,3)4/h4-6,8-15H,1,7,16-21H2,2-3H3,(H2,35,36,37)(H,44,45,46);1H3,(H,2,3,4). The van der Waals surface area contributed by atoms with Crippen LogP contribution in [0.4, 0.5) is 34.4 Å². The number of pyridine rings is 1. The fourth-order valence-electron chi connectivity index (χ4n) is 4.57. The van der Waals surface area contributed by atoms with Gasteiger partial charge in [-0.2, -0.15) is 27.2 Å². The first-order chi connectivity index (χ1) is 26.0. The van der Waals surface area contributed by atoms with Gasteiger partial charge in [0.15, 0.2) is 15.7 Å². The highest BCUT2D eigenvalue weighted by atomic mass is 32.2. The molecule has 1 aromatic heterocycles. The number of fused-ring (bicyclic) bond motifs is 1. The number of nitrogens with zero attached hydrogens (tertiary/aromatic N) is 6. The number of methoxy groups -OCH3 is 1. The maximum absolute atomic E-state index is 11.6. The summed E-state index contributed by atoms with van der Waals surface area (Å²) < 4.78 is 91.5. The predicted molar refractivity (Wildman–Crippen MR) is 208 cm³/mol. The van der Waals surface area contributed by atoms with Gasteiger partial charge in [0.05, 0.1) is 52.7 Å². The van der Waals surface area contributed by atoms with Gasteiger partial charge in [0, 0.05) is 48.6 Å². The summed E-state index contributed by atoms with van der Waals surface area (Å²) in [6, 6.07) is 18.4.